The second-order valence-electron chi connectivity index (χ2n) is 5.09. The summed E-state index contributed by atoms with van der Waals surface area (Å²) in [6.07, 6.45) is 2.41. The van der Waals surface area contributed by atoms with E-state index < -0.39 is 10.0 Å². The van der Waals surface area contributed by atoms with Crippen molar-refractivity contribution in [3.05, 3.63) is 30.5 Å². The molecular formula is C14H18N4O2S. The molecule has 1 aromatic carbocycles. The number of anilines is 1. The number of hydrogen-bond acceptors (Lipinski definition) is 5. The molecule has 0 spiro atoms. The first kappa shape index (κ1) is 14.2. The van der Waals surface area contributed by atoms with Crippen LogP contribution in [0.4, 0.5) is 5.82 Å². The summed E-state index contributed by atoms with van der Waals surface area (Å²) >= 11 is 0. The molecule has 21 heavy (non-hydrogen) atoms. The summed E-state index contributed by atoms with van der Waals surface area (Å²) in [7, 11) is -3.46. The number of pyridine rings is 1. The second-order valence-corrected chi connectivity index (χ2v) is 7.02. The average molecular weight is 306 g/mol. The average Bonchev–Trinajstić information content (AvgIpc) is 2.77. The van der Waals surface area contributed by atoms with Gasteiger partial charge in [0, 0.05) is 31.2 Å². The van der Waals surface area contributed by atoms with Gasteiger partial charge in [0.1, 0.15) is 5.82 Å². The maximum absolute atomic E-state index is 12.7. The van der Waals surface area contributed by atoms with E-state index in [1.807, 2.05) is 0 Å². The third kappa shape index (κ3) is 2.72. The predicted molar refractivity (Wildman–Crippen MR) is 82.4 cm³/mol. The highest BCUT2D eigenvalue weighted by Gasteiger charge is 2.25. The fraction of sp³-hybridized carbons (Fsp3) is 0.357. The molecule has 112 valence electrons. The number of aromatic nitrogens is 1. The quantitative estimate of drug-likeness (QED) is 0.857. The van der Waals surface area contributed by atoms with Crippen molar-refractivity contribution in [2.75, 3.05) is 31.9 Å². The Morgan fingerprint density at radius 2 is 2.05 bits per heavy atom. The first-order valence-corrected chi connectivity index (χ1v) is 8.38. The van der Waals surface area contributed by atoms with E-state index in [9.17, 15) is 8.42 Å². The number of benzene rings is 1. The van der Waals surface area contributed by atoms with Gasteiger partial charge in [0.05, 0.1) is 4.90 Å². The van der Waals surface area contributed by atoms with Gasteiger partial charge in [-0.3, -0.25) is 0 Å². The van der Waals surface area contributed by atoms with Crippen LogP contribution in [-0.4, -0.2) is 43.9 Å². The van der Waals surface area contributed by atoms with Gasteiger partial charge in [0.25, 0.3) is 0 Å². The van der Waals surface area contributed by atoms with Crippen molar-refractivity contribution in [3.63, 3.8) is 0 Å². The molecule has 0 aliphatic carbocycles. The number of fused-ring (bicyclic) bond motifs is 1. The Bertz CT molecular complexity index is 753. The van der Waals surface area contributed by atoms with Crippen LogP contribution in [0.2, 0.25) is 0 Å². The number of nitrogens with two attached hydrogens (primary N) is 1. The Morgan fingerprint density at radius 3 is 2.90 bits per heavy atom. The number of sulfonamides is 1. The predicted octanol–water partition coefficient (Wildman–Crippen LogP) is 0.801. The third-order valence-electron chi connectivity index (χ3n) is 3.70. The largest absolute Gasteiger partial charge is 0.383 e. The molecule has 3 N–H and O–H groups in total. The van der Waals surface area contributed by atoms with Gasteiger partial charge in [-0.25, -0.2) is 13.4 Å². The van der Waals surface area contributed by atoms with Crippen molar-refractivity contribution < 1.29 is 8.42 Å². The van der Waals surface area contributed by atoms with Crippen LogP contribution in [-0.2, 0) is 10.0 Å². The molecule has 1 fully saturated rings. The fourth-order valence-electron chi connectivity index (χ4n) is 2.55. The van der Waals surface area contributed by atoms with Crippen molar-refractivity contribution in [2.45, 2.75) is 11.3 Å². The van der Waals surface area contributed by atoms with Gasteiger partial charge in [-0.15, -0.1) is 0 Å². The highest BCUT2D eigenvalue weighted by molar-refractivity contribution is 7.89. The van der Waals surface area contributed by atoms with E-state index in [1.165, 1.54) is 0 Å². The van der Waals surface area contributed by atoms with Crippen LogP contribution < -0.4 is 11.1 Å². The van der Waals surface area contributed by atoms with E-state index >= 15 is 0 Å². The zero-order valence-corrected chi connectivity index (χ0v) is 12.4. The van der Waals surface area contributed by atoms with Gasteiger partial charge in [-0.1, -0.05) is 0 Å². The van der Waals surface area contributed by atoms with Crippen LogP contribution >= 0.6 is 0 Å². The molecule has 0 atom stereocenters. The molecule has 2 aromatic rings. The Labute approximate surface area is 124 Å². The van der Waals surface area contributed by atoms with E-state index in [-0.39, 0.29) is 0 Å². The van der Waals surface area contributed by atoms with Gasteiger partial charge in [-0.05, 0) is 42.6 Å². The topological polar surface area (TPSA) is 88.3 Å². The summed E-state index contributed by atoms with van der Waals surface area (Å²) in [5.74, 6) is 0.412. The standard InChI is InChI=1S/C14H18N4O2S/c15-14-13-3-2-12(10-11(13)4-6-17-14)21(19,20)18-8-1-5-16-7-9-18/h2-4,6,10,16H,1,5,7-9H2,(H2,15,17). The Balaban J connectivity index is 2.02. The molecule has 1 aliphatic rings. The summed E-state index contributed by atoms with van der Waals surface area (Å²) < 4.78 is 27.0. The maximum atomic E-state index is 12.7. The van der Waals surface area contributed by atoms with Crippen LogP contribution in [0, 0.1) is 0 Å². The lowest BCUT2D eigenvalue weighted by molar-refractivity contribution is 0.432. The lowest BCUT2D eigenvalue weighted by Crippen LogP contribution is -2.34. The van der Waals surface area contributed by atoms with E-state index in [0.29, 0.717) is 30.3 Å². The van der Waals surface area contributed by atoms with Gasteiger partial charge >= 0.3 is 0 Å². The van der Waals surface area contributed by atoms with Gasteiger partial charge in [0.2, 0.25) is 10.0 Å². The molecule has 0 radical (unpaired) electrons. The van der Waals surface area contributed by atoms with Crippen molar-refractivity contribution in [1.82, 2.24) is 14.6 Å². The van der Waals surface area contributed by atoms with E-state index in [4.69, 9.17) is 5.73 Å². The van der Waals surface area contributed by atoms with Crippen LogP contribution in [0.15, 0.2) is 35.4 Å². The molecule has 0 saturated carbocycles. The highest BCUT2D eigenvalue weighted by Crippen LogP contribution is 2.24. The molecular weight excluding hydrogens is 288 g/mol. The number of hydrogen-bond donors (Lipinski definition) is 2. The number of nitrogens with one attached hydrogen (secondary N) is 1. The first-order chi connectivity index (χ1) is 10.1. The summed E-state index contributed by atoms with van der Waals surface area (Å²) in [5.41, 5.74) is 5.80. The SMILES string of the molecule is Nc1nccc2cc(S(=O)(=O)N3CCCNCC3)ccc12. The number of nitrogens with zero attached hydrogens (tertiary/aromatic N) is 2. The zero-order chi connectivity index (χ0) is 14.9. The van der Waals surface area contributed by atoms with Crippen molar-refractivity contribution in [2.24, 2.45) is 0 Å². The second kappa shape index (κ2) is 5.59. The number of rotatable bonds is 2. The van der Waals surface area contributed by atoms with Crippen molar-refractivity contribution in [1.29, 1.82) is 0 Å². The van der Waals surface area contributed by atoms with E-state index in [2.05, 4.69) is 10.3 Å². The van der Waals surface area contributed by atoms with Crippen LogP contribution in [0.5, 0.6) is 0 Å². The molecule has 0 amide bonds. The maximum Gasteiger partial charge on any atom is 0.243 e. The summed E-state index contributed by atoms with van der Waals surface area (Å²) in [4.78, 5) is 4.32. The summed E-state index contributed by atoms with van der Waals surface area (Å²) in [6, 6.07) is 6.77. The molecule has 3 rings (SSSR count). The van der Waals surface area contributed by atoms with Gasteiger partial charge in [-0.2, -0.15) is 4.31 Å². The summed E-state index contributed by atoms with van der Waals surface area (Å²) in [5, 5.41) is 4.77. The molecule has 2 heterocycles. The van der Waals surface area contributed by atoms with Crippen LogP contribution in [0.3, 0.4) is 0 Å². The normalized spacial score (nSPS) is 17.7. The Hall–Kier alpha value is -1.70. The van der Waals surface area contributed by atoms with E-state index in [1.54, 1.807) is 34.8 Å². The van der Waals surface area contributed by atoms with Crippen LogP contribution in [0.25, 0.3) is 10.8 Å². The molecule has 0 bridgehead atoms. The third-order valence-corrected chi connectivity index (χ3v) is 5.60. The van der Waals surface area contributed by atoms with Gasteiger partial charge < -0.3 is 11.1 Å². The van der Waals surface area contributed by atoms with Crippen LogP contribution in [0.1, 0.15) is 6.42 Å². The monoisotopic (exact) mass is 306 g/mol. The lowest BCUT2D eigenvalue weighted by Gasteiger charge is -2.19. The minimum atomic E-state index is -3.46. The fourth-order valence-corrected chi connectivity index (χ4v) is 4.07. The number of nitrogen functional groups attached to an aromatic ring is 1. The minimum Gasteiger partial charge on any atom is -0.383 e. The Morgan fingerprint density at radius 1 is 1.19 bits per heavy atom. The molecule has 7 heteroatoms. The highest BCUT2D eigenvalue weighted by atomic mass is 32.2. The first-order valence-electron chi connectivity index (χ1n) is 6.94. The molecule has 0 unspecified atom stereocenters. The molecule has 1 saturated heterocycles. The minimum absolute atomic E-state index is 0.308. The Kier molecular flexibility index (Phi) is 3.79. The smallest absolute Gasteiger partial charge is 0.243 e. The summed E-state index contributed by atoms with van der Waals surface area (Å²) in [6.45, 7) is 2.58. The zero-order valence-electron chi connectivity index (χ0n) is 11.6. The molecule has 6 nitrogen and oxygen atoms in total. The van der Waals surface area contributed by atoms with Gasteiger partial charge in [0.15, 0.2) is 0 Å². The molecule has 1 aromatic heterocycles. The van der Waals surface area contributed by atoms with E-state index in [0.717, 1.165) is 23.7 Å². The molecule has 1 aliphatic heterocycles. The lowest BCUT2D eigenvalue weighted by atomic mass is 10.2. The van der Waals surface area contributed by atoms with Crippen molar-refractivity contribution >= 4 is 26.6 Å². The van der Waals surface area contributed by atoms with Crippen molar-refractivity contribution in [3.8, 4) is 0 Å².